The molecule has 14 heavy (non-hydrogen) atoms. The van der Waals surface area contributed by atoms with Crippen LogP contribution < -0.4 is 0 Å². The predicted molar refractivity (Wildman–Crippen MR) is 58.3 cm³/mol. The molecule has 2 unspecified atom stereocenters. The van der Waals surface area contributed by atoms with E-state index in [1.165, 1.54) is 32.1 Å². The molecule has 1 fully saturated rings. The second-order valence-corrected chi connectivity index (χ2v) is 4.49. The van der Waals surface area contributed by atoms with E-state index in [0.29, 0.717) is 0 Å². The van der Waals surface area contributed by atoms with Crippen molar-refractivity contribution < 1.29 is 9.84 Å². The fourth-order valence-corrected chi connectivity index (χ4v) is 2.51. The molecule has 0 spiro atoms. The summed E-state index contributed by atoms with van der Waals surface area (Å²) in [5.41, 5.74) is 0. The van der Waals surface area contributed by atoms with Gasteiger partial charge in [0.05, 0.1) is 12.2 Å². The normalized spacial score (nSPS) is 23.4. The summed E-state index contributed by atoms with van der Waals surface area (Å²) in [5.74, 6) is 0.739. The molecule has 0 radical (unpaired) electrons. The highest BCUT2D eigenvalue weighted by Gasteiger charge is 2.22. The third-order valence-electron chi connectivity index (χ3n) is 3.43. The summed E-state index contributed by atoms with van der Waals surface area (Å²) in [6.07, 6.45) is 8.31. The minimum Gasteiger partial charge on any atom is -0.390 e. The van der Waals surface area contributed by atoms with E-state index in [4.69, 9.17) is 4.74 Å². The van der Waals surface area contributed by atoms with Gasteiger partial charge in [-0.2, -0.15) is 0 Å². The van der Waals surface area contributed by atoms with E-state index in [0.717, 1.165) is 18.8 Å². The van der Waals surface area contributed by atoms with Gasteiger partial charge in [0.2, 0.25) is 0 Å². The highest BCUT2D eigenvalue weighted by molar-refractivity contribution is 4.74. The molecule has 0 amide bonds. The Morgan fingerprint density at radius 3 is 2.43 bits per heavy atom. The van der Waals surface area contributed by atoms with E-state index in [1.54, 1.807) is 7.11 Å². The lowest BCUT2D eigenvalue weighted by Gasteiger charge is -2.27. The second-order valence-electron chi connectivity index (χ2n) is 4.49. The van der Waals surface area contributed by atoms with Crippen molar-refractivity contribution in [3.63, 3.8) is 0 Å². The summed E-state index contributed by atoms with van der Waals surface area (Å²) in [5, 5.41) is 9.94. The van der Waals surface area contributed by atoms with Crippen molar-refractivity contribution in [1.82, 2.24) is 0 Å². The van der Waals surface area contributed by atoms with Gasteiger partial charge in [-0.25, -0.2) is 0 Å². The lowest BCUT2D eigenvalue weighted by atomic mass is 9.84. The van der Waals surface area contributed by atoms with Gasteiger partial charge in [0.1, 0.15) is 0 Å². The zero-order valence-electron chi connectivity index (χ0n) is 9.54. The Hall–Kier alpha value is -0.0800. The number of rotatable bonds is 5. The first-order valence-corrected chi connectivity index (χ1v) is 5.98. The van der Waals surface area contributed by atoms with Gasteiger partial charge >= 0.3 is 0 Å². The average Bonchev–Trinajstić information content (AvgIpc) is 2.21. The Morgan fingerprint density at radius 1 is 1.29 bits per heavy atom. The van der Waals surface area contributed by atoms with Gasteiger partial charge < -0.3 is 9.84 Å². The maximum atomic E-state index is 9.94. The SMILES string of the molecule is CCC(OC)C(O)CC1CCCCC1. The van der Waals surface area contributed by atoms with E-state index in [9.17, 15) is 5.11 Å². The fraction of sp³-hybridized carbons (Fsp3) is 1.00. The summed E-state index contributed by atoms with van der Waals surface area (Å²) in [6.45, 7) is 2.07. The standard InChI is InChI=1S/C12H24O2/c1-3-12(14-2)11(13)9-10-7-5-4-6-8-10/h10-13H,3-9H2,1-2H3. The highest BCUT2D eigenvalue weighted by atomic mass is 16.5. The van der Waals surface area contributed by atoms with Crippen LogP contribution in [0.15, 0.2) is 0 Å². The van der Waals surface area contributed by atoms with Crippen LogP contribution >= 0.6 is 0 Å². The monoisotopic (exact) mass is 200 g/mol. The second kappa shape index (κ2) is 6.41. The maximum Gasteiger partial charge on any atom is 0.0827 e. The van der Waals surface area contributed by atoms with Crippen LogP contribution in [0.25, 0.3) is 0 Å². The van der Waals surface area contributed by atoms with Gasteiger partial charge in [-0.1, -0.05) is 39.0 Å². The molecule has 0 aromatic heterocycles. The number of methoxy groups -OCH3 is 1. The Morgan fingerprint density at radius 2 is 1.93 bits per heavy atom. The van der Waals surface area contributed by atoms with Crippen LogP contribution in [-0.4, -0.2) is 24.4 Å². The summed E-state index contributed by atoms with van der Waals surface area (Å²) >= 11 is 0. The lowest BCUT2D eigenvalue weighted by molar-refractivity contribution is -0.0267. The van der Waals surface area contributed by atoms with E-state index in [-0.39, 0.29) is 12.2 Å². The van der Waals surface area contributed by atoms with Gasteiger partial charge in [0, 0.05) is 7.11 Å². The van der Waals surface area contributed by atoms with E-state index in [1.807, 2.05) is 0 Å². The molecule has 0 bridgehead atoms. The third-order valence-corrected chi connectivity index (χ3v) is 3.43. The van der Waals surface area contributed by atoms with Crippen LogP contribution in [0.5, 0.6) is 0 Å². The van der Waals surface area contributed by atoms with Gasteiger partial charge in [-0.05, 0) is 18.8 Å². The van der Waals surface area contributed by atoms with Crippen LogP contribution in [0.3, 0.4) is 0 Å². The fourth-order valence-electron chi connectivity index (χ4n) is 2.51. The van der Waals surface area contributed by atoms with Crippen LogP contribution in [0.1, 0.15) is 51.9 Å². The molecule has 1 aliphatic carbocycles. The molecule has 0 aromatic carbocycles. The largest absolute Gasteiger partial charge is 0.390 e. The molecule has 2 atom stereocenters. The van der Waals surface area contributed by atoms with Crippen molar-refractivity contribution in [2.75, 3.05) is 7.11 Å². The molecule has 0 aromatic rings. The summed E-state index contributed by atoms with van der Waals surface area (Å²) < 4.78 is 5.25. The van der Waals surface area contributed by atoms with Crippen LogP contribution in [0.2, 0.25) is 0 Å². The first kappa shape index (κ1) is 12.0. The quantitative estimate of drug-likeness (QED) is 0.739. The van der Waals surface area contributed by atoms with Gasteiger partial charge in [-0.3, -0.25) is 0 Å². The molecule has 0 saturated heterocycles. The Labute approximate surface area is 87.7 Å². The molecular formula is C12H24O2. The number of aliphatic hydroxyl groups is 1. The Kier molecular flexibility index (Phi) is 5.49. The van der Waals surface area contributed by atoms with E-state index >= 15 is 0 Å². The van der Waals surface area contributed by atoms with Crippen molar-refractivity contribution >= 4 is 0 Å². The van der Waals surface area contributed by atoms with Gasteiger partial charge in [0.15, 0.2) is 0 Å². The minimum atomic E-state index is -0.256. The highest BCUT2D eigenvalue weighted by Crippen LogP contribution is 2.28. The molecule has 0 aliphatic heterocycles. The van der Waals surface area contributed by atoms with E-state index in [2.05, 4.69) is 6.92 Å². The molecule has 1 saturated carbocycles. The average molecular weight is 200 g/mol. The third kappa shape index (κ3) is 3.58. The number of hydrogen-bond acceptors (Lipinski definition) is 2. The van der Waals surface area contributed by atoms with Gasteiger partial charge in [0.25, 0.3) is 0 Å². The van der Waals surface area contributed by atoms with Crippen molar-refractivity contribution in [3.05, 3.63) is 0 Å². The number of aliphatic hydroxyl groups excluding tert-OH is 1. The number of hydrogen-bond donors (Lipinski definition) is 1. The minimum absolute atomic E-state index is 0.0388. The van der Waals surface area contributed by atoms with Crippen molar-refractivity contribution in [2.45, 2.75) is 64.1 Å². The Balaban J connectivity index is 2.26. The molecular weight excluding hydrogens is 176 g/mol. The number of ether oxygens (including phenoxy) is 1. The van der Waals surface area contributed by atoms with Crippen LogP contribution in [0.4, 0.5) is 0 Å². The van der Waals surface area contributed by atoms with Crippen LogP contribution in [-0.2, 0) is 4.74 Å². The first-order chi connectivity index (χ1) is 6.77. The van der Waals surface area contributed by atoms with Crippen molar-refractivity contribution in [1.29, 1.82) is 0 Å². The molecule has 2 nitrogen and oxygen atoms in total. The molecule has 1 rings (SSSR count). The topological polar surface area (TPSA) is 29.5 Å². The first-order valence-electron chi connectivity index (χ1n) is 5.98. The molecule has 84 valence electrons. The summed E-state index contributed by atoms with van der Waals surface area (Å²) in [6, 6.07) is 0. The van der Waals surface area contributed by atoms with E-state index < -0.39 is 0 Å². The maximum absolute atomic E-state index is 9.94. The molecule has 1 N–H and O–H groups in total. The van der Waals surface area contributed by atoms with Gasteiger partial charge in [-0.15, -0.1) is 0 Å². The lowest BCUT2D eigenvalue weighted by Crippen LogP contribution is -2.30. The van der Waals surface area contributed by atoms with Crippen molar-refractivity contribution in [3.8, 4) is 0 Å². The smallest absolute Gasteiger partial charge is 0.0827 e. The predicted octanol–water partition coefficient (Wildman–Crippen LogP) is 2.74. The Bertz CT molecular complexity index is 137. The molecule has 1 aliphatic rings. The van der Waals surface area contributed by atoms with Crippen molar-refractivity contribution in [2.24, 2.45) is 5.92 Å². The zero-order valence-corrected chi connectivity index (χ0v) is 9.54. The molecule has 2 heteroatoms. The summed E-state index contributed by atoms with van der Waals surface area (Å²) in [4.78, 5) is 0. The molecule has 0 heterocycles. The van der Waals surface area contributed by atoms with Crippen LogP contribution in [0, 0.1) is 5.92 Å². The zero-order chi connectivity index (χ0) is 10.4. The summed E-state index contributed by atoms with van der Waals surface area (Å²) in [7, 11) is 1.69.